The summed E-state index contributed by atoms with van der Waals surface area (Å²) in [6.45, 7) is 6.63. The molecule has 6 heteroatoms. The fraction of sp³-hybridized carbons (Fsp3) is 0.474. The number of carbonyl (C=O) groups is 1. The van der Waals surface area contributed by atoms with Crippen LogP contribution in [0.3, 0.4) is 0 Å². The summed E-state index contributed by atoms with van der Waals surface area (Å²) in [6.07, 6.45) is 4.23. The molecule has 25 heavy (non-hydrogen) atoms. The van der Waals surface area contributed by atoms with Gasteiger partial charge in [0.25, 0.3) is 5.91 Å². The van der Waals surface area contributed by atoms with E-state index in [9.17, 15) is 4.79 Å². The molecular weight excluding hydrogens is 350 g/mol. The molecule has 0 spiro atoms. The summed E-state index contributed by atoms with van der Waals surface area (Å²) in [5.74, 6) is 0.709. The Labute approximate surface area is 157 Å². The first-order valence-electron chi connectivity index (χ1n) is 8.86. The Balaban J connectivity index is 1.43. The number of pyridine rings is 1. The largest absolute Gasteiger partial charge is 0.347 e. The van der Waals surface area contributed by atoms with Crippen molar-refractivity contribution >= 4 is 29.0 Å². The molecule has 0 aliphatic carbocycles. The van der Waals surface area contributed by atoms with Crippen LogP contribution >= 0.6 is 23.1 Å². The monoisotopic (exact) mass is 373 g/mol. The van der Waals surface area contributed by atoms with Gasteiger partial charge in [-0.3, -0.25) is 14.7 Å². The SMILES string of the molecule is Cc1ncccc1Sc1ccc(C(=O)N[C@@H]2C3CCN(CC3)[C@H]2C)s1. The van der Waals surface area contributed by atoms with Crippen molar-refractivity contribution < 1.29 is 4.79 Å². The summed E-state index contributed by atoms with van der Waals surface area (Å²) in [4.78, 5) is 21.5. The zero-order valence-corrected chi connectivity index (χ0v) is 16.2. The lowest BCUT2D eigenvalue weighted by molar-refractivity contribution is 0.0218. The molecule has 3 aliphatic rings. The number of nitrogens with one attached hydrogen (secondary N) is 1. The van der Waals surface area contributed by atoms with Crippen LogP contribution in [0.5, 0.6) is 0 Å². The number of rotatable bonds is 4. The van der Waals surface area contributed by atoms with E-state index < -0.39 is 0 Å². The Morgan fingerprint density at radius 3 is 2.84 bits per heavy atom. The van der Waals surface area contributed by atoms with E-state index in [0.29, 0.717) is 12.0 Å². The number of piperidine rings is 3. The van der Waals surface area contributed by atoms with Crippen LogP contribution in [0, 0.1) is 12.8 Å². The number of nitrogens with zero attached hydrogens (tertiary/aromatic N) is 2. The molecule has 132 valence electrons. The summed E-state index contributed by atoms with van der Waals surface area (Å²) in [5, 5.41) is 3.31. The fourth-order valence-corrected chi connectivity index (χ4v) is 6.00. The summed E-state index contributed by atoms with van der Waals surface area (Å²) in [7, 11) is 0. The highest BCUT2D eigenvalue weighted by Gasteiger charge is 2.40. The maximum Gasteiger partial charge on any atom is 0.261 e. The standard InChI is InChI=1S/C19H23N3OS2/c1-12-15(4-3-9-20-12)24-17-6-5-16(25-17)19(23)21-18-13(2)22-10-7-14(18)8-11-22/h3-6,9,13-14,18H,7-8,10-11H2,1-2H3,(H,21,23)/t13-,18-/m0/s1. The molecule has 4 nitrogen and oxygen atoms in total. The molecule has 1 N–H and O–H groups in total. The van der Waals surface area contributed by atoms with Crippen LogP contribution in [0.25, 0.3) is 0 Å². The van der Waals surface area contributed by atoms with E-state index in [-0.39, 0.29) is 11.9 Å². The molecule has 2 aromatic heterocycles. The number of thiophene rings is 1. The Morgan fingerprint density at radius 1 is 1.32 bits per heavy atom. The molecule has 3 saturated heterocycles. The van der Waals surface area contributed by atoms with E-state index in [1.807, 2.05) is 31.3 Å². The normalized spacial score (nSPS) is 28.1. The lowest BCUT2D eigenvalue weighted by Crippen LogP contribution is -2.62. The highest BCUT2D eigenvalue weighted by atomic mass is 32.2. The summed E-state index contributed by atoms with van der Waals surface area (Å²) in [5.41, 5.74) is 1.02. The van der Waals surface area contributed by atoms with Crippen molar-refractivity contribution in [3.05, 3.63) is 41.0 Å². The molecule has 5 heterocycles. The van der Waals surface area contributed by atoms with Gasteiger partial charge in [-0.2, -0.15) is 0 Å². The van der Waals surface area contributed by atoms with Gasteiger partial charge in [0.05, 0.1) is 14.8 Å². The third-order valence-electron chi connectivity index (χ3n) is 5.45. The van der Waals surface area contributed by atoms with E-state index in [4.69, 9.17) is 0 Å². The van der Waals surface area contributed by atoms with E-state index >= 15 is 0 Å². The lowest BCUT2D eigenvalue weighted by Gasteiger charge is -2.49. The molecule has 5 rings (SSSR count). The van der Waals surface area contributed by atoms with Gasteiger partial charge in [-0.05, 0) is 70.0 Å². The van der Waals surface area contributed by atoms with Gasteiger partial charge in [0.1, 0.15) is 0 Å². The number of amides is 1. The minimum Gasteiger partial charge on any atom is -0.347 e. The van der Waals surface area contributed by atoms with Gasteiger partial charge in [0, 0.05) is 23.2 Å². The average molecular weight is 374 g/mol. The van der Waals surface area contributed by atoms with E-state index in [1.165, 1.54) is 25.9 Å². The quantitative estimate of drug-likeness (QED) is 0.885. The van der Waals surface area contributed by atoms with Gasteiger partial charge < -0.3 is 5.32 Å². The van der Waals surface area contributed by atoms with Gasteiger partial charge in [0.2, 0.25) is 0 Å². The van der Waals surface area contributed by atoms with Crippen LogP contribution in [0.1, 0.15) is 35.1 Å². The van der Waals surface area contributed by atoms with Crippen LogP contribution in [-0.4, -0.2) is 41.0 Å². The van der Waals surface area contributed by atoms with Crippen molar-refractivity contribution in [2.24, 2.45) is 5.92 Å². The van der Waals surface area contributed by atoms with Crippen LogP contribution in [-0.2, 0) is 0 Å². The minimum absolute atomic E-state index is 0.0744. The van der Waals surface area contributed by atoms with Crippen LogP contribution in [0.4, 0.5) is 0 Å². The molecule has 0 aromatic carbocycles. The molecule has 2 bridgehead atoms. The van der Waals surface area contributed by atoms with Gasteiger partial charge in [0.15, 0.2) is 0 Å². The molecule has 0 unspecified atom stereocenters. The molecule has 2 aromatic rings. The lowest BCUT2D eigenvalue weighted by atomic mass is 9.79. The second-order valence-corrected chi connectivity index (χ2v) is 9.35. The number of aryl methyl sites for hydroxylation is 1. The van der Waals surface area contributed by atoms with Gasteiger partial charge in [-0.1, -0.05) is 11.8 Å². The van der Waals surface area contributed by atoms with Gasteiger partial charge >= 0.3 is 0 Å². The Kier molecular flexibility index (Phi) is 4.84. The number of hydrogen-bond donors (Lipinski definition) is 1. The first-order valence-corrected chi connectivity index (χ1v) is 10.5. The van der Waals surface area contributed by atoms with Gasteiger partial charge in [-0.25, -0.2) is 0 Å². The van der Waals surface area contributed by atoms with Crippen LogP contribution in [0.2, 0.25) is 0 Å². The maximum absolute atomic E-state index is 12.7. The Morgan fingerprint density at radius 2 is 2.12 bits per heavy atom. The zero-order valence-electron chi connectivity index (χ0n) is 14.6. The Bertz CT molecular complexity index is 766. The number of aromatic nitrogens is 1. The molecule has 3 aliphatic heterocycles. The zero-order chi connectivity index (χ0) is 17.4. The van der Waals surface area contributed by atoms with Crippen molar-refractivity contribution in [3.8, 4) is 0 Å². The molecular formula is C19H23N3OS2. The number of carbonyl (C=O) groups excluding carboxylic acids is 1. The van der Waals surface area contributed by atoms with Crippen molar-refractivity contribution in [2.75, 3.05) is 13.1 Å². The predicted octanol–water partition coefficient (Wildman–Crippen LogP) is 3.82. The third-order valence-corrected chi connectivity index (χ3v) is 7.82. The molecule has 3 fully saturated rings. The van der Waals surface area contributed by atoms with E-state index in [1.54, 1.807) is 23.1 Å². The molecule has 0 radical (unpaired) electrons. The first-order chi connectivity index (χ1) is 12.1. The van der Waals surface area contributed by atoms with Gasteiger partial charge in [-0.15, -0.1) is 11.3 Å². The molecule has 2 atom stereocenters. The topological polar surface area (TPSA) is 45.2 Å². The summed E-state index contributed by atoms with van der Waals surface area (Å²) < 4.78 is 1.13. The Hall–Kier alpha value is -1.37. The first kappa shape index (κ1) is 17.1. The van der Waals surface area contributed by atoms with Crippen molar-refractivity contribution in [3.63, 3.8) is 0 Å². The summed E-state index contributed by atoms with van der Waals surface area (Å²) in [6, 6.07) is 8.74. The molecule has 1 amide bonds. The second kappa shape index (κ2) is 7.09. The predicted molar refractivity (Wildman–Crippen MR) is 102 cm³/mol. The smallest absolute Gasteiger partial charge is 0.261 e. The van der Waals surface area contributed by atoms with E-state index in [2.05, 4.69) is 28.2 Å². The van der Waals surface area contributed by atoms with Crippen LogP contribution < -0.4 is 5.32 Å². The summed E-state index contributed by atoms with van der Waals surface area (Å²) >= 11 is 3.24. The second-order valence-electron chi connectivity index (χ2n) is 6.92. The van der Waals surface area contributed by atoms with E-state index in [0.717, 1.165) is 19.7 Å². The highest BCUT2D eigenvalue weighted by Crippen LogP contribution is 2.35. The third kappa shape index (κ3) is 3.48. The fourth-order valence-electron chi connectivity index (χ4n) is 3.95. The average Bonchev–Trinajstić information content (AvgIpc) is 3.09. The van der Waals surface area contributed by atoms with Crippen molar-refractivity contribution in [1.29, 1.82) is 0 Å². The highest BCUT2D eigenvalue weighted by molar-refractivity contribution is 8.01. The number of fused-ring (bicyclic) bond motifs is 3. The minimum atomic E-state index is 0.0744. The maximum atomic E-state index is 12.7. The number of hydrogen-bond acceptors (Lipinski definition) is 5. The van der Waals surface area contributed by atoms with Crippen LogP contribution in [0.15, 0.2) is 39.6 Å². The van der Waals surface area contributed by atoms with Crippen molar-refractivity contribution in [2.45, 2.75) is 47.9 Å². The van der Waals surface area contributed by atoms with Crippen molar-refractivity contribution in [1.82, 2.24) is 15.2 Å². The molecule has 0 saturated carbocycles.